The average Bonchev–Trinajstić information content (AvgIpc) is 3.09. The van der Waals surface area contributed by atoms with Crippen molar-refractivity contribution in [2.75, 3.05) is 32.0 Å². The fourth-order valence-electron chi connectivity index (χ4n) is 2.55. The zero-order chi connectivity index (χ0) is 13.3. The zero-order valence-corrected chi connectivity index (χ0v) is 15.5. The second-order valence-electron chi connectivity index (χ2n) is 5.21. The Hall–Kier alpha value is 0.310. The number of halogens is 1. The van der Waals surface area contributed by atoms with E-state index in [9.17, 15) is 0 Å². The number of aliphatic imine (C=N–C) groups is 1. The fourth-order valence-corrected chi connectivity index (χ4v) is 3.73. The number of nitrogens with one attached hydrogen (secondary N) is 2. The van der Waals surface area contributed by atoms with Gasteiger partial charge in [0.25, 0.3) is 0 Å². The molecule has 0 aromatic rings. The van der Waals surface area contributed by atoms with Gasteiger partial charge in [0.15, 0.2) is 5.96 Å². The summed E-state index contributed by atoms with van der Waals surface area (Å²) in [6.07, 6.45) is 6.66. The molecule has 2 rings (SSSR count). The van der Waals surface area contributed by atoms with Gasteiger partial charge in [0.05, 0.1) is 12.6 Å². The Kier molecular flexibility index (Phi) is 10.1. The second kappa shape index (κ2) is 11.0. The maximum atomic E-state index is 5.63. The van der Waals surface area contributed by atoms with E-state index in [1.165, 1.54) is 31.4 Å². The highest BCUT2D eigenvalue weighted by atomic mass is 127. The lowest BCUT2D eigenvalue weighted by molar-refractivity contribution is 0.105. The normalized spacial score (nSPS) is 26.4. The van der Waals surface area contributed by atoms with Crippen molar-refractivity contribution in [3.63, 3.8) is 0 Å². The number of hydrogen-bond donors (Lipinski definition) is 2. The van der Waals surface area contributed by atoms with Crippen molar-refractivity contribution in [3.05, 3.63) is 0 Å². The molecule has 2 fully saturated rings. The molecule has 0 spiro atoms. The summed E-state index contributed by atoms with van der Waals surface area (Å²) in [7, 11) is 0. The van der Waals surface area contributed by atoms with Gasteiger partial charge in [-0.25, -0.2) is 0 Å². The number of hydrogen-bond acceptors (Lipinski definition) is 3. The zero-order valence-electron chi connectivity index (χ0n) is 12.4. The first-order valence-corrected chi connectivity index (χ1v) is 8.68. The standard InChI is InChI=1S/C14H27N3OS.HI/c1-2-15-14(17-11-13-6-4-10-19-13)16-8-7-12-5-3-9-18-12;/h12-13H,2-11H2,1H3,(H2,15,16,17);1H. The van der Waals surface area contributed by atoms with Gasteiger partial charge in [0.1, 0.15) is 0 Å². The Balaban J connectivity index is 0.00000200. The molecule has 0 saturated carbocycles. The van der Waals surface area contributed by atoms with Gasteiger partial charge in [0, 0.05) is 24.9 Å². The summed E-state index contributed by atoms with van der Waals surface area (Å²) in [4.78, 5) is 4.69. The Morgan fingerprint density at radius 3 is 2.85 bits per heavy atom. The summed E-state index contributed by atoms with van der Waals surface area (Å²) in [6, 6.07) is 0. The topological polar surface area (TPSA) is 45.7 Å². The molecule has 2 N–H and O–H groups in total. The van der Waals surface area contributed by atoms with Crippen molar-refractivity contribution in [2.24, 2.45) is 4.99 Å². The minimum absolute atomic E-state index is 0. The highest BCUT2D eigenvalue weighted by Gasteiger charge is 2.16. The van der Waals surface area contributed by atoms with E-state index >= 15 is 0 Å². The highest BCUT2D eigenvalue weighted by molar-refractivity contribution is 14.0. The minimum Gasteiger partial charge on any atom is -0.378 e. The van der Waals surface area contributed by atoms with E-state index in [1.807, 2.05) is 0 Å². The van der Waals surface area contributed by atoms with Crippen molar-refractivity contribution in [3.8, 4) is 0 Å². The van der Waals surface area contributed by atoms with E-state index in [0.29, 0.717) is 6.10 Å². The SMILES string of the molecule is CCNC(=NCC1CCCS1)NCCC1CCCO1.I. The van der Waals surface area contributed by atoms with Gasteiger partial charge >= 0.3 is 0 Å². The predicted octanol–water partition coefficient (Wildman–Crippen LogP) is 2.62. The van der Waals surface area contributed by atoms with Crippen LogP contribution in [0.15, 0.2) is 4.99 Å². The van der Waals surface area contributed by atoms with Gasteiger partial charge in [-0.1, -0.05) is 0 Å². The summed E-state index contributed by atoms with van der Waals surface area (Å²) < 4.78 is 5.63. The van der Waals surface area contributed by atoms with Gasteiger partial charge in [-0.05, 0) is 44.8 Å². The van der Waals surface area contributed by atoms with Crippen LogP contribution in [0.25, 0.3) is 0 Å². The van der Waals surface area contributed by atoms with Crippen LogP contribution >= 0.6 is 35.7 Å². The molecule has 2 unspecified atom stereocenters. The fraction of sp³-hybridized carbons (Fsp3) is 0.929. The maximum Gasteiger partial charge on any atom is 0.191 e. The summed E-state index contributed by atoms with van der Waals surface area (Å²) in [6.45, 7) is 5.87. The van der Waals surface area contributed by atoms with Gasteiger partial charge < -0.3 is 15.4 Å². The number of rotatable bonds is 6. The van der Waals surface area contributed by atoms with E-state index in [-0.39, 0.29) is 24.0 Å². The van der Waals surface area contributed by atoms with Crippen LogP contribution in [0.3, 0.4) is 0 Å². The molecule has 2 atom stereocenters. The molecule has 4 nitrogen and oxygen atoms in total. The molecule has 118 valence electrons. The van der Waals surface area contributed by atoms with Crippen molar-refractivity contribution in [2.45, 2.75) is 50.4 Å². The maximum absolute atomic E-state index is 5.63. The molecule has 2 saturated heterocycles. The number of nitrogens with zero attached hydrogens (tertiary/aromatic N) is 1. The number of ether oxygens (including phenoxy) is 1. The van der Waals surface area contributed by atoms with Crippen LogP contribution < -0.4 is 10.6 Å². The molecule has 6 heteroatoms. The Labute approximate surface area is 144 Å². The summed E-state index contributed by atoms with van der Waals surface area (Å²) in [5.74, 6) is 2.27. The van der Waals surface area contributed by atoms with Gasteiger partial charge in [0.2, 0.25) is 0 Å². The van der Waals surface area contributed by atoms with Crippen molar-refractivity contribution in [1.82, 2.24) is 10.6 Å². The van der Waals surface area contributed by atoms with Crippen LogP contribution in [0.5, 0.6) is 0 Å². The molecule has 20 heavy (non-hydrogen) atoms. The molecule has 2 heterocycles. The van der Waals surface area contributed by atoms with Crippen LogP contribution in [-0.2, 0) is 4.74 Å². The molecule has 0 aromatic heterocycles. The lowest BCUT2D eigenvalue weighted by atomic mass is 10.2. The van der Waals surface area contributed by atoms with Crippen molar-refractivity contribution >= 4 is 41.7 Å². The summed E-state index contributed by atoms with van der Waals surface area (Å²) >= 11 is 2.06. The van der Waals surface area contributed by atoms with E-state index in [2.05, 4.69) is 29.3 Å². The molecule has 2 aliphatic rings. The lowest BCUT2D eigenvalue weighted by Gasteiger charge is -2.14. The third-order valence-electron chi connectivity index (χ3n) is 3.60. The lowest BCUT2D eigenvalue weighted by Crippen LogP contribution is -2.39. The molecular weight excluding hydrogens is 385 g/mol. The Bertz CT molecular complexity index is 280. The molecule has 0 aromatic carbocycles. The number of guanidine groups is 1. The van der Waals surface area contributed by atoms with Crippen LogP contribution in [0, 0.1) is 0 Å². The Morgan fingerprint density at radius 2 is 2.20 bits per heavy atom. The van der Waals surface area contributed by atoms with Gasteiger partial charge in [-0.2, -0.15) is 11.8 Å². The van der Waals surface area contributed by atoms with Crippen LogP contribution in [-0.4, -0.2) is 49.3 Å². The summed E-state index contributed by atoms with van der Waals surface area (Å²) in [5.41, 5.74) is 0. The van der Waals surface area contributed by atoms with Crippen LogP contribution in [0.2, 0.25) is 0 Å². The highest BCUT2D eigenvalue weighted by Crippen LogP contribution is 2.25. The predicted molar refractivity (Wildman–Crippen MR) is 98.5 cm³/mol. The van der Waals surface area contributed by atoms with Gasteiger partial charge in [-0.15, -0.1) is 24.0 Å². The summed E-state index contributed by atoms with van der Waals surface area (Å²) in [5, 5.41) is 7.47. The van der Waals surface area contributed by atoms with Gasteiger partial charge in [-0.3, -0.25) is 4.99 Å². The Morgan fingerprint density at radius 1 is 1.30 bits per heavy atom. The van der Waals surface area contributed by atoms with Crippen molar-refractivity contribution in [1.29, 1.82) is 0 Å². The molecule has 0 aliphatic carbocycles. The van der Waals surface area contributed by atoms with E-state index < -0.39 is 0 Å². The first-order chi connectivity index (χ1) is 9.38. The number of thioether (sulfide) groups is 1. The molecule has 0 radical (unpaired) electrons. The van der Waals surface area contributed by atoms with E-state index in [1.54, 1.807) is 0 Å². The van der Waals surface area contributed by atoms with Crippen molar-refractivity contribution < 1.29 is 4.74 Å². The monoisotopic (exact) mass is 413 g/mol. The molecule has 0 amide bonds. The first kappa shape index (κ1) is 18.4. The smallest absolute Gasteiger partial charge is 0.191 e. The third-order valence-corrected chi connectivity index (χ3v) is 4.98. The van der Waals surface area contributed by atoms with E-state index in [4.69, 9.17) is 9.73 Å². The molecule has 0 bridgehead atoms. The second-order valence-corrected chi connectivity index (χ2v) is 6.61. The average molecular weight is 413 g/mol. The van der Waals surface area contributed by atoms with E-state index in [0.717, 1.165) is 43.9 Å². The molecule has 2 aliphatic heterocycles. The quantitative estimate of drug-likeness (QED) is 0.399. The largest absolute Gasteiger partial charge is 0.378 e. The minimum atomic E-state index is 0. The first-order valence-electron chi connectivity index (χ1n) is 7.64. The third kappa shape index (κ3) is 6.85. The molecular formula is C14H28IN3OS. The van der Waals surface area contributed by atoms with Crippen LogP contribution in [0.1, 0.15) is 39.0 Å². The van der Waals surface area contributed by atoms with Crippen LogP contribution in [0.4, 0.5) is 0 Å².